The highest BCUT2D eigenvalue weighted by Gasteiger charge is 2.21. The summed E-state index contributed by atoms with van der Waals surface area (Å²) in [6.07, 6.45) is 1.05. The molecule has 1 saturated heterocycles. The van der Waals surface area contributed by atoms with Gasteiger partial charge >= 0.3 is 0 Å². The summed E-state index contributed by atoms with van der Waals surface area (Å²) in [4.78, 5) is 2.25. The van der Waals surface area contributed by atoms with Crippen molar-refractivity contribution in [2.75, 3.05) is 18.0 Å². The minimum atomic E-state index is 0.279. The van der Waals surface area contributed by atoms with E-state index < -0.39 is 0 Å². The third-order valence-corrected chi connectivity index (χ3v) is 3.80. The minimum Gasteiger partial charge on any atom is -0.354 e. The van der Waals surface area contributed by atoms with Crippen LogP contribution in [-0.2, 0) is 0 Å². The molecule has 0 radical (unpaired) electrons. The zero-order chi connectivity index (χ0) is 13.4. The Morgan fingerprint density at radius 2 is 2.16 bits per heavy atom. The second-order valence-corrected chi connectivity index (χ2v) is 5.45. The minimum absolute atomic E-state index is 0.279. The third-order valence-electron chi connectivity index (χ3n) is 3.80. The maximum absolute atomic E-state index is 5.94. The fourth-order valence-electron chi connectivity index (χ4n) is 2.63. The van der Waals surface area contributed by atoms with E-state index >= 15 is 0 Å². The molecule has 4 heteroatoms. The molecular formula is C15H20N4. The first-order valence-corrected chi connectivity index (χ1v) is 6.77. The molecule has 3 rings (SSSR count). The lowest BCUT2D eigenvalue weighted by Gasteiger charge is -2.13. The van der Waals surface area contributed by atoms with Gasteiger partial charge in [-0.05, 0) is 31.9 Å². The van der Waals surface area contributed by atoms with Gasteiger partial charge in [0.1, 0.15) is 0 Å². The second-order valence-electron chi connectivity index (χ2n) is 5.45. The summed E-state index contributed by atoms with van der Waals surface area (Å²) in [5.74, 6) is 1.00. The van der Waals surface area contributed by atoms with E-state index in [2.05, 4.69) is 53.2 Å². The molecule has 19 heavy (non-hydrogen) atoms. The lowest BCUT2D eigenvalue weighted by atomic mass is 10.0. The van der Waals surface area contributed by atoms with E-state index in [1.807, 2.05) is 0 Å². The summed E-state index contributed by atoms with van der Waals surface area (Å²) < 4.78 is 0. The van der Waals surface area contributed by atoms with E-state index in [4.69, 9.17) is 5.73 Å². The Labute approximate surface area is 113 Å². The molecule has 1 fully saturated rings. The molecule has 0 saturated carbocycles. The predicted molar refractivity (Wildman–Crippen MR) is 78.3 cm³/mol. The number of hydrogen-bond acceptors (Lipinski definition) is 3. The quantitative estimate of drug-likeness (QED) is 0.866. The summed E-state index contributed by atoms with van der Waals surface area (Å²) in [5, 5.41) is 7.57. The zero-order valence-electron chi connectivity index (χ0n) is 11.5. The number of aryl methyl sites for hydroxylation is 2. The van der Waals surface area contributed by atoms with Gasteiger partial charge in [-0.3, -0.25) is 5.10 Å². The molecule has 1 aromatic heterocycles. The van der Waals surface area contributed by atoms with Crippen molar-refractivity contribution >= 4 is 5.82 Å². The molecule has 0 amide bonds. The lowest BCUT2D eigenvalue weighted by Crippen LogP contribution is -2.26. The maximum Gasteiger partial charge on any atom is 0.151 e. The third kappa shape index (κ3) is 2.36. The number of hydrogen-bond donors (Lipinski definition) is 2. The highest BCUT2D eigenvalue weighted by Crippen LogP contribution is 2.27. The molecule has 0 bridgehead atoms. The summed E-state index contributed by atoms with van der Waals surface area (Å²) in [6.45, 7) is 6.14. The molecule has 2 heterocycles. The Kier molecular flexibility index (Phi) is 3.03. The molecule has 1 aliphatic rings. The van der Waals surface area contributed by atoms with Crippen molar-refractivity contribution in [2.24, 2.45) is 5.73 Å². The van der Waals surface area contributed by atoms with Crippen molar-refractivity contribution in [1.29, 1.82) is 0 Å². The maximum atomic E-state index is 5.94. The summed E-state index contributed by atoms with van der Waals surface area (Å²) in [6, 6.07) is 8.88. The van der Waals surface area contributed by atoms with Gasteiger partial charge in [0.25, 0.3) is 0 Å². The molecule has 1 unspecified atom stereocenters. The number of H-pyrrole nitrogens is 1. The zero-order valence-corrected chi connectivity index (χ0v) is 11.5. The van der Waals surface area contributed by atoms with E-state index in [9.17, 15) is 0 Å². The van der Waals surface area contributed by atoms with Crippen LogP contribution in [0.4, 0.5) is 5.82 Å². The first kappa shape index (κ1) is 12.2. The number of aromatic nitrogens is 2. The van der Waals surface area contributed by atoms with Gasteiger partial charge in [-0.1, -0.05) is 17.7 Å². The smallest absolute Gasteiger partial charge is 0.151 e. The summed E-state index contributed by atoms with van der Waals surface area (Å²) in [7, 11) is 0. The van der Waals surface area contributed by atoms with Crippen LogP contribution in [0.2, 0.25) is 0 Å². The van der Waals surface area contributed by atoms with Crippen molar-refractivity contribution in [1.82, 2.24) is 10.2 Å². The predicted octanol–water partition coefficient (Wildman–Crippen LogP) is 2.23. The van der Waals surface area contributed by atoms with Crippen LogP contribution in [0.25, 0.3) is 11.3 Å². The van der Waals surface area contributed by atoms with Crippen molar-refractivity contribution in [2.45, 2.75) is 26.3 Å². The Bertz CT molecular complexity index is 588. The van der Waals surface area contributed by atoms with Crippen molar-refractivity contribution in [3.63, 3.8) is 0 Å². The van der Waals surface area contributed by atoms with Gasteiger partial charge in [0.05, 0.1) is 5.69 Å². The molecule has 1 aliphatic heterocycles. The van der Waals surface area contributed by atoms with Crippen LogP contribution in [0.3, 0.4) is 0 Å². The number of aromatic amines is 1. The number of anilines is 1. The molecular weight excluding hydrogens is 236 g/mol. The standard InChI is InChI=1S/C15H20N4/c1-10-3-4-11(2)13(7-10)14-8-15(18-17-14)19-6-5-12(16)9-19/h3-4,7-8,12H,5-6,9,16H2,1-2H3,(H,17,18). The van der Waals surface area contributed by atoms with Crippen LogP contribution >= 0.6 is 0 Å². The van der Waals surface area contributed by atoms with Gasteiger partial charge in [-0.25, -0.2) is 0 Å². The molecule has 1 atom stereocenters. The highest BCUT2D eigenvalue weighted by atomic mass is 15.3. The van der Waals surface area contributed by atoms with Gasteiger partial charge in [0, 0.05) is 30.8 Å². The van der Waals surface area contributed by atoms with Gasteiger partial charge in [0.2, 0.25) is 0 Å². The Balaban J connectivity index is 1.90. The summed E-state index contributed by atoms with van der Waals surface area (Å²) >= 11 is 0. The lowest BCUT2D eigenvalue weighted by molar-refractivity contribution is 0.751. The van der Waals surface area contributed by atoms with E-state index in [0.717, 1.165) is 31.0 Å². The average Bonchev–Trinajstić information content (AvgIpc) is 3.00. The molecule has 2 aromatic rings. The number of rotatable bonds is 2. The van der Waals surface area contributed by atoms with Gasteiger partial charge < -0.3 is 10.6 Å². The largest absolute Gasteiger partial charge is 0.354 e. The fraction of sp³-hybridized carbons (Fsp3) is 0.400. The average molecular weight is 256 g/mol. The Morgan fingerprint density at radius 3 is 2.89 bits per heavy atom. The molecule has 100 valence electrons. The van der Waals surface area contributed by atoms with E-state index in [1.165, 1.54) is 16.7 Å². The van der Waals surface area contributed by atoms with E-state index in [1.54, 1.807) is 0 Å². The number of nitrogens with two attached hydrogens (primary N) is 1. The van der Waals surface area contributed by atoms with Crippen LogP contribution in [0, 0.1) is 13.8 Å². The SMILES string of the molecule is Cc1ccc(C)c(-c2cc(N3CCC(N)C3)n[nH]2)c1. The normalized spacial score (nSPS) is 19.1. The van der Waals surface area contributed by atoms with Crippen molar-refractivity contribution < 1.29 is 0 Å². The molecule has 0 spiro atoms. The number of benzene rings is 1. The summed E-state index contributed by atoms with van der Waals surface area (Å²) in [5.41, 5.74) is 10.8. The Morgan fingerprint density at radius 1 is 1.32 bits per heavy atom. The van der Waals surface area contributed by atoms with Crippen LogP contribution in [0.15, 0.2) is 24.3 Å². The monoisotopic (exact) mass is 256 g/mol. The highest BCUT2D eigenvalue weighted by molar-refractivity contribution is 5.67. The van der Waals surface area contributed by atoms with E-state index in [-0.39, 0.29) is 6.04 Å². The van der Waals surface area contributed by atoms with Crippen molar-refractivity contribution in [3.05, 3.63) is 35.4 Å². The Hall–Kier alpha value is -1.81. The first-order valence-electron chi connectivity index (χ1n) is 6.77. The molecule has 4 nitrogen and oxygen atoms in total. The van der Waals surface area contributed by atoms with Gasteiger partial charge in [-0.2, -0.15) is 5.10 Å². The molecule has 3 N–H and O–H groups in total. The molecule has 1 aromatic carbocycles. The van der Waals surface area contributed by atoms with E-state index in [0.29, 0.717) is 0 Å². The van der Waals surface area contributed by atoms with Gasteiger partial charge in [-0.15, -0.1) is 0 Å². The van der Waals surface area contributed by atoms with Crippen molar-refractivity contribution in [3.8, 4) is 11.3 Å². The van der Waals surface area contributed by atoms with Gasteiger partial charge in [0.15, 0.2) is 5.82 Å². The second kappa shape index (κ2) is 4.70. The first-order chi connectivity index (χ1) is 9.13. The fourth-order valence-corrected chi connectivity index (χ4v) is 2.63. The van der Waals surface area contributed by atoms with Crippen LogP contribution < -0.4 is 10.6 Å². The molecule has 0 aliphatic carbocycles. The van der Waals surface area contributed by atoms with Crippen LogP contribution in [0.1, 0.15) is 17.5 Å². The van der Waals surface area contributed by atoms with Crippen LogP contribution in [0.5, 0.6) is 0 Å². The van der Waals surface area contributed by atoms with Crippen LogP contribution in [-0.4, -0.2) is 29.3 Å². The topological polar surface area (TPSA) is 57.9 Å². The number of nitrogens with one attached hydrogen (secondary N) is 1. The number of nitrogens with zero attached hydrogens (tertiary/aromatic N) is 2.